The van der Waals surface area contributed by atoms with Gasteiger partial charge in [0.1, 0.15) is 0 Å². The van der Waals surface area contributed by atoms with Crippen molar-refractivity contribution in [2.45, 2.75) is 70.9 Å². The molecule has 7 rings (SSSR count). The smallest absolute Gasteiger partial charge is 0.408 e. The number of fused-ring (bicyclic) bond motifs is 4. The molecule has 2 atom stereocenters. The van der Waals surface area contributed by atoms with Crippen LogP contribution in [0.3, 0.4) is 0 Å². The SMILES string of the molecule is CC(C)Cc1ccc(-c2ccc3c(c2)CCC2(CC2)[C@@H]3N(C(=O)O)C2CN3CCC2CC3)cc1. The lowest BCUT2D eigenvalue weighted by molar-refractivity contribution is -0.0243. The molecule has 4 fully saturated rings. The van der Waals surface area contributed by atoms with E-state index in [4.69, 9.17) is 0 Å². The molecule has 4 nitrogen and oxygen atoms in total. The summed E-state index contributed by atoms with van der Waals surface area (Å²) in [6, 6.07) is 16.0. The summed E-state index contributed by atoms with van der Waals surface area (Å²) in [7, 11) is 0. The van der Waals surface area contributed by atoms with Crippen molar-refractivity contribution in [3.8, 4) is 11.1 Å². The van der Waals surface area contributed by atoms with Gasteiger partial charge in [-0.15, -0.1) is 0 Å². The van der Waals surface area contributed by atoms with E-state index in [1.54, 1.807) is 0 Å². The minimum atomic E-state index is -0.715. The van der Waals surface area contributed by atoms with Crippen LogP contribution in [-0.2, 0) is 12.8 Å². The van der Waals surface area contributed by atoms with E-state index in [0.29, 0.717) is 11.8 Å². The second-order valence-electron chi connectivity index (χ2n) is 11.9. The second-order valence-corrected chi connectivity index (χ2v) is 11.9. The number of amides is 1. The van der Waals surface area contributed by atoms with Crippen LogP contribution in [0.2, 0.25) is 0 Å². The molecule has 34 heavy (non-hydrogen) atoms. The van der Waals surface area contributed by atoms with Crippen molar-refractivity contribution in [3.63, 3.8) is 0 Å². The van der Waals surface area contributed by atoms with Gasteiger partial charge < -0.3 is 10.0 Å². The zero-order valence-corrected chi connectivity index (χ0v) is 20.7. The molecule has 1 saturated carbocycles. The average Bonchev–Trinajstić information content (AvgIpc) is 3.61. The van der Waals surface area contributed by atoms with Crippen molar-refractivity contribution in [3.05, 3.63) is 59.2 Å². The molecular weight excluding hydrogens is 420 g/mol. The Kier molecular flexibility index (Phi) is 5.48. The highest BCUT2D eigenvalue weighted by atomic mass is 16.4. The van der Waals surface area contributed by atoms with E-state index in [1.165, 1.54) is 40.7 Å². The van der Waals surface area contributed by atoms with Gasteiger partial charge >= 0.3 is 6.09 Å². The lowest BCUT2D eigenvalue weighted by Crippen LogP contribution is -2.60. The molecule has 2 aromatic rings. The molecule has 1 N–H and O–H groups in total. The van der Waals surface area contributed by atoms with Crippen molar-refractivity contribution < 1.29 is 9.90 Å². The Morgan fingerprint density at radius 2 is 1.76 bits per heavy atom. The van der Waals surface area contributed by atoms with E-state index in [-0.39, 0.29) is 17.5 Å². The van der Waals surface area contributed by atoms with Crippen molar-refractivity contribution in [2.24, 2.45) is 17.3 Å². The molecule has 0 aromatic heterocycles. The summed E-state index contributed by atoms with van der Waals surface area (Å²) in [5.74, 6) is 1.18. The number of rotatable bonds is 5. The molecule has 3 heterocycles. The van der Waals surface area contributed by atoms with Crippen molar-refractivity contribution in [1.29, 1.82) is 0 Å². The van der Waals surface area contributed by atoms with Crippen LogP contribution in [0.4, 0.5) is 4.79 Å². The summed E-state index contributed by atoms with van der Waals surface area (Å²) >= 11 is 0. The quantitative estimate of drug-likeness (QED) is 0.564. The largest absolute Gasteiger partial charge is 0.465 e. The van der Waals surface area contributed by atoms with Crippen LogP contribution in [0.5, 0.6) is 0 Å². The Labute approximate surface area is 204 Å². The molecule has 2 aromatic carbocycles. The summed E-state index contributed by atoms with van der Waals surface area (Å²) in [6.45, 7) is 7.72. The Morgan fingerprint density at radius 3 is 2.35 bits per heavy atom. The van der Waals surface area contributed by atoms with E-state index in [0.717, 1.165) is 51.7 Å². The number of benzene rings is 2. The highest BCUT2D eigenvalue weighted by molar-refractivity contribution is 5.69. The highest BCUT2D eigenvalue weighted by Gasteiger charge is 2.57. The van der Waals surface area contributed by atoms with Crippen molar-refractivity contribution in [2.75, 3.05) is 19.6 Å². The summed E-state index contributed by atoms with van der Waals surface area (Å²) < 4.78 is 0. The maximum Gasteiger partial charge on any atom is 0.408 e. The van der Waals surface area contributed by atoms with Gasteiger partial charge in [0.2, 0.25) is 0 Å². The predicted molar refractivity (Wildman–Crippen MR) is 136 cm³/mol. The molecular formula is C30H38N2O2. The van der Waals surface area contributed by atoms with Crippen LogP contribution in [0.15, 0.2) is 42.5 Å². The standard InChI is InChI=1S/C30H38N2O2/c1-20(2)17-21-3-5-22(6-4-21)24-7-8-26-25(18-24)9-12-30(13-14-30)28(26)32(29(33)34)27-19-31-15-10-23(27)11-16-31/h3-8,18,20,23,27-28H,9-17,19H2,1-2H3,(H,33,34)/t27?,28-/m1/s1. The Hall–Kier alpha value is -2.33. The molecule has 180 valence electrons. The lowest BCUT2D eigenvalue weighted by Gasteiger charge is -2.52. The molecule has 5 aliphatic rings. The van der Waals surface area contributed by atoms with Gasteiger partial charge in [0.15, 0.2) is 0 Å². The molecule has 2 aliphatic carbocycles. The maximum atomic E-state index is 12.8. The van der Waals surface area contributed by atoms with Gasteiger partial charge in [0.25, 0.3) is 0 Å². The maximum absolute atomic E-state index is 12.8. The average molecular weight is 459 g/mol. The molecule has 0 radical (unpaired) electrons. The molecule has 1 spiro atoms. The Morgan fingerprint density at radius 1 is 1.06 bits per heavy atom. The minimum absolute atomic E-state index is 0.0155. The molecule has 3 aliphatic heterocycles. The van der Waals surface area contributed by atoms with Gasteiger partial charge in [-0.25, -0.2) is 4.79 Å². The van der Waals surface area contributed by atoms with Crippen LogP contribution in [0, 0.1) is 17.3 Å². The summed E-state index contributed by atoms with van der Waals surface area (Å²) in [6.07, 6.45) is 7.21. The van der Waals surface area contributed by atoms with E-state index in [1.807, 2.05) is 4.90 Å². The zero-order chi connectivity index (χ0) is 23.4. The van der Waals surface area contributed by atoms with Crippen LogP contribution in [0.1, 0.15) is 68.7 Å². The van der Waals surface area contributed by atoms with Crippen LogP contribution < -0.4 is 0 Å². The monoisotopic (exact) mass is 458 g/mol. The highest BCUT2D eigenvalue weighted by Crippen LogP contribution is 2.63. The first-order chi connectivity index (χ1) is 16.4. The fourth-order valence-electron chi connectivity index (χ4n) is 7.25. The van der Waals surface area contributed by atoms with E-state index in [2.05, 4.69) is 61.2 Å². The van der Waals surface area contributed by atoms with Gasteiger partial charge in [-0.3, -0.25) is 4.90 Å². The first-order valence-electron chi connectivity index (χ1n) is 13.4. The summed E-state index contributed by atoms with van der Waals surface area (Å²) in [4.78, 5) is 17.2. The van der Waals surface area contributed by atoms with Gasteiger partial charge in [-0.05, 0) is 103 Å². The van der Waals surface area contributed by atoms with E-state index in [9.17, 15) is 9.90 Å². The first kappa shape index (κ1) is 22.2. The molecule has 1 unspecified atom stereocenters. The molecule has 1 amide bonds. The summed E-state index contributed by atoms with van der Waals surface area (Å²) in [5, 5.41) is 10.5. The van der Waals surface area contributed by atoms with Crippen LogP contribution >= 0.6 is 0 Å². The molecule has 3 saturated heterocycles. The fraction of sp³-hybridized carbons (Fsp3) is 0.567. The number of carbonyl (C=O) groups is 1. The number of hydrogen-bond acceptors (Lipinski definition) is 2. The first-order valence-corrected chi connectivity index (χ1v) is 13.4. The third-order valence-electron chi connectivity index (χ3n) is 9.21. The Bertz CT molecular complexity index is 1060. The Balaban J connectivity index is 1.34. The number of nitrogens with zero attached hydrogens (tertiary/aromatic N) is 2. The normalized spacial score (nSPS) is 28.7. The molecule has 2 bridgehead atoms. The van der Waals surface area contributed by atoms with Gasteiger partial charge in [0.05, 0.1) is 12.1 Å². The molecule has 4 heteroatoms. The fourth-order valence-corrected chi connectivity index (χ4v) is 7.25. The third kappa shape index (κ3) is 3.84. The summed E-state index contributed by atoms with van der Waals surface area (Å²) in [5.41, 5.74) is 6.71. The van der Waals surface area contributed by atoms with Gasteiger partial charge in [-0.2, -0.15) is 0 Å². The van der Waals surface area contributed by atoms with E-state index >= 15 is 0 Å². The topological polar surface area (TPSA) is 43.8 Å². The lowest BCUT2D eigenvalue weighted by atomic mass is 9.73. The van der Waals surface area contributed by atoms with Crippen LogP contribution in [-0.4, -0.2) is 46.7 Å². The van der Waals surface area contributed by atoms with Gasteiger partial charge in [-0.1, -0.05) is 56.3 Å². The van der Waals surface area contributed by atoms with Gasteiger partial charge in [0, 0.05) is 6.54 Å². The van der Waals surface area contributed by atoms with E-state index < -0.39 is 6.09 Å². The van der Waals surface area contributed by atoms with Crippen molar-refractivity contribution in [1.82, 2.24) is 9.80 Å². The number of piperidine rings is 3. The number of hydrogen-bond donors (Lipinski definition) is 1. The third-order valence-corrected chi connectivity index (χ3v) is 9.21. The van der Waals surface area contributed by atoms with Crippen molar-refractivity contribution >= 4 is 6.09 Å². The predicted octanol–water partition coefficient (Wildman–Crippen LogP) is 6.39. The minimum Gasteiger partial charge on any atom is -0.465 e. The number of carboxylic acid groups (broad SMARTS) is 1. The zero-order valence-electron chi connectivity index (χ0n) is 20.7. The number of aryl methyl sites for hydroxylation is 1. The van der Waals surface area contributed by atoms with Crippen LogP contribution in [0.25, 0.3) is 11.1 Å². The second kappa shape index (κ2) is 8.41.